The minimum absolute atomic E-state index is 0.0120. The van der Waals surface area contributed by atoms with E-state index in [9.17, 15) is 31.1 Å². The van der Waals surface area contributed by atoms with E-state index >= 15 is 0 Å². The van der Waals surface area contributed by atoms with Gasteiger partial charge < -0.3 is 14.8 Å². The Morgan fingerprint density at radius 3 is 2.04 bits per heavy atom. The number of nitrogens with one attached hydrogen (secondary N) is 1. The molecule has 0 spiro atoms. The molecule has 1 saturated heterocycles. The largest absolute Gasteiger partial charge is 0.446 e. The second-order valence-electron chi connectivity index (χ2n) is 6.13. The van der Waals surface area contributed by atoms with Gasteiger partial charge in [0.25, 0.3) is 5.91 Å². The highest BCUT2D eigenvalue weighted by molar-refractivity contribution is 5.94. The van der Waals surface area contributed by atoms with E-state index in [1.54, 1.807) is 6.92 Å². The lowest BCUT2D eigenvalue weighted by Crippen LogP contribution is -2.70. The maximum absolute atomic E-state index is 13.5. The molecule has 1 aliphatic rings. The molecule has 0 atom stereocenters. The van der Waals surface area contributed by atoms with Crippen LogP contribution in [0.3, 0.4) is 0 Å². The van der Waals surface area contributed by atoms with Crippen LogP contribution in [0.15, 0.2) is 30.3 Å². The molecule has 10 heteroatoms. The van der Waals surface area contributed by atoms with Crippen LogP contribution in [0.2, 0.25) is 0 Å². The number of amides is 1. The minimum atomic E-state index is -5.92. The molecule has 1 aromatic carbocycles. The van der Waals surface area contributed by atoms with Gasteiger partial charge in [0.1, 0.15) is 0 Å². The van der Waals surface area contributed by atoms with Crippen molar-refractivity contribution in [1.82, 2.24) is 5.32 Å². The van der Waals surface area contributed by atoms with Crippen molar-refractivity contribution in [1.29, 1.82) is 0 Å². The third kappa shape index (κ3) is 3.80. The van der Waals surface area contributed by atoms with E-state index in [1.807, 2.05) is 0 Å². The fourth-order valence-electron chi connectivity index (χ4n) is 2.37. The standard InChI is InChI=1S/C16H17F6NO3/c1-2-13(8-25-9-13)10-26-14(15(17,18)19,16(20,21)22)23-12(24)11-6-4-3-5-7-11/h3-7H,2,8-10H2,1H3,(H,23,24). The molecule has 2 rings (SSSR count). The molecular formula is C16H17F6NO3. The van der Waals surface area contributed by atoms with Crippen LogP contribution >= 0.6 is 0 Å². The number of halogens is 6. The molecule has 1 fully saturated rings. The van der Waals surface area contributed by atoms with E-state index in [2.05, 4.69) is 4.74 Å². The number of carbonyl (C=O) groups is 1. The van der Waals surface area contributed by atoms with E-state index in [0.717, 1.165) is 17.4 Å². The summed E-state index contributed by atoms with van der Waals surface area (Å²) in [4.78, 5) is 12.0. The lowest BCUT2D eigenvalue weighted by atomic mass is 9.84. The number of benzene rings is 1. The van der Waals surface area contributed by atoms with Gasteiger partial charge in [-0.1, -0.05) is 25.1 Å². The zero-order chi connectivity index (χ0) is 19.6. The number of rotatable bonds is 6. The molecule has 0 radical (unpaired) electrons. The SMILES string of the molecule is CCC1(COC(NC(=O)c2ccccc2)(C(F)(F)F)C(F)(F)F)COC1. The molecule has 0 unspecified atom stereocenters. The number of alkyl halides is 6. The van der Waals surface area contributed by atoms with Crippen LogP contribution in [0.4, 0.5) is 26.3 Å². The van der Waals surface area contributed by atoms with E-state index < -0.39 is 36.0 Å². The third-order valence-corrected chi connectivity index (χ3v) is 4.29. The van der Waals surface area contributed by atoms with Crippen molar-refractivity contribution in [2.24, 2.45) is 5.41 Å². The summed E-state index contributed by atoms with van der Waals surface area (Å²) in [5, 5.41) is 1.02. The van der Waals surface area contributed by atoms with E-state index in [1.165, 1.54) is 18.2 Å². The number of hydrogen-bond acceptors (Lipinski definition) is 3. The molecule has 1 aliphatic heterocycles. The Hall–Kier alpha value is -1.81. The van der Waals surface area contributed by atoms with Gasteiger partial charge in [0.05, 0.1) is 19.8 Å². The lowest BCUT2D eigenvalue weighted by Gasteiger charge is -2.44. The van der Waals surface area contributed by atoms with Crippen molar-refractivity contribution in [3.63, 3.8) is 0 Å². The first kappa shape index (κ1) is 20.5. The Labute approximate surface area is 145 Å². The zero-order valence-corrected chi connectivity index (χ0v) is 13.7. The molecule has 1 heterocycles. The quantitative estimate of drug-likeness (QED) is 0.600. The summed E-state index contributed by atoms with van der Waals surface area (Å²) in [6.07, 6.45) is -11.6. The second kappa shape index (κ2) is 7.07. The summed E-state index contributed by atoms with van der Waals surface area (Å²) in [7, 11) is 0. The van der Waals surface area contributed by atoms with Crippen LogP contribution in [0.5, 0.6) is 0 Å². The Kier molecular flexibility index (Phi) is 5.57. The lowest BCUT2D eigenvalue weighted by molar-refractivity contribution is -0.396. The number of hydrogen-bond donors (Lipinski definition) is 1. The molecule has 0 aromatic heterocycles. The fourth-order valence-corrected chi connectivity index (χ4v) is 2.37. The van der Waals surface area contributed by atoms with Gasteiger partial charge in [0, 0.05) is 11.0 Å². The number of ether oxygens (including phenoxy) is 2. The average molecular weight is 385 g/mol. The van der Waals surface area contributed by atoms with Gasteiger partial charge >= 0.3 is 18.1 Å². The molecule has 1 amide bonds. The van der Waals surface area contributed by atoms with Gasteiger partial charge in [-0.25, -0.2) is 0 Å². The van der Waals surface area contributed by atoms with Crippen LogP contribution < -0.4 is 5.32 Å². The first-order valence-electron chi connectivity index (χ1n) is 7.69. The van der Waals surface area contributed by atoms with Crippen LogP contribution in [0.25, 0.3) is 0 Å². The normalized spacial score (nSPS) is 17.5. The maximum Gasteiger partial charge on any atom is 0.446 e. The molecule has 1 aromatic rings. The van der Waals surface area contributed by atoms with Crippen LogP contribution in [0.1, 0.15) is 23.7 Å². The topological polar surface area (TPSA) is 47.6 Å². The highest BCUT2D eigenvalue weighted by atomic mass is 19.4. The van der Waals surface area contributed by atoms with Gasteiger partial charge in [-0.15, -0.1) is 0 Å². The second-order valence-corrected chi connectivity index (χ2v) is 6.13. The van der Waals surface area contributed by atoms with Gasteiger partial charge in [-0.05, 0) is 18.6 Å². The minimum Gasteiger partial charge on any atom is -0.380 e. The Morgan fingerprint density at radius 2 is 1.65 bits per heavy atom. The molecule has 146 valence electrons. The summed E-state index contributed by atoms with van der Waals surface area (Å²) in [5.41, 5.74) is -6.12. The van der Waals surface area contributed by atoms with E-state index in [0.29, 0.717) is 0 Å². The predicted molar refractivity (Wildman–Crippen MR) is 78.2 cm³/mol. The van der Waals surface area contributed by atoms with Gasteiger partial charge in [0.15, 0.2) is 0 Å². The van der Waals surface area contributed by atoms with Gasteiger partial charge in [-0.2, -0.15) is 26.3 Å². The first-order chi connectivity index (χ1) is 12.0. The van der Waals surface area contributed by atoms with Crippen molar-refractivity contribution >= 4 is 5.91 Å². The Bertz CT molecular complexity index is 606. The van der Waals surface area contributed by atoms with Crippen molar-refractivity contribution in [2.75, 3.05) is 19.8 Å². The summed E-state index contributed by atoms with van der Waals surface area (Å²) in [5.74, 6) is -1.55. The molecule has 4 nitrogen and oxygen atoms in total. The molecular weight excluding hydrogens is 368 g/mol. The maximum atomic E-state index is 13.5. The molecule has 0 bridgehead atoms. The highest BCUT2D eigenvalue weighted by Gasteiger charge is 2.74. The zero-order valence-electron chi connectivity index (χ0n) is 13.7. The predicted octanol–water partition coefficient (Wildman–Crippen LogP) is 3.68. The highest BCUT2D eigenvalue weighted by Crippen LogP contribution is 2.46. The van der Waals surface area contributed by atoms with Crippen molar-refractivity contribution in [3.05, 3.63) is 35.9 Å². The van der Waals surface area contributed by atoms with Gasteiger partial charge in [-0.3, -0.25) is 4.79 Å². The fraction of sp³-hybridized carbons (Fsp3) is 0.562. The van der Waals surface area contributed by atoms with Crippen LogP contribution in [-0.2, 0) is 9.47 Å². The van der Waals surface area contributed by atoms with Crippen molar-refractivity contribution in [2.45, 2.75) is 31.4 Å². The summed E-state index contributed by atoms with van der Waals surface area (Å²) < 4.78 is 90.0. The summed E-state index contributed by atoms with van der Waals surface area (Å²) in [6, 6.07) is 6.29. The van der Waals surface area contributed by atoms with Crippen LogP contribution in [0, 0.1) is 5.41 Å². The van der Waals surface area contributed by atoms with Crippen molar-refractivity contribution in [3.8, 4) is 0 Å². The first-order valence-corrected chi connectivity index (χ1v) is 7.69. The molecule has 0 saturated carbocycles. The molecule has 1 N–H and O–H groups in total. The summed E-state index contributed by atoms with van der Waals surface area (Å²) in [6.45, 7) is 0.721. The Balaban J connectivity index is 2.35. The molecule has 0 aliphatic carbocycles. The van der Waals surface area contributed by atoms with Crippen LogP contribution in [-0.4, -0.2) is 43.8 Å². The average Bonchev–Trinajstić information content (AvgIpc) is 2.51. The molecule has 26 heavy (non-hydrogen) atoms. The van der Waals surface area contributed by atoms with E-state index in [4.69, 9.17) is 4.74 Å². The Morgan fingerprint density at radius 1 is 1.12 bits per heavy atom. The van der Waals surface area contributed by atoms with Gasteiger partial charge in [0.2, 0.25) is 0 Å². The van der Waals surface area contributed by atoms with Crippen molar-refractivity contribution < 1.29 is 40.6 Å². The van der Waals surface area contributed by atoms with E-state index in [-0.39, 0.29) is 25.2 Å². The smallest absolute Gasteiger partial charge is 0.380 e. The summed E-state index contributed by atoms with van der Waals surface area (Å²) >= 11 is 0. The number of carbonyl (C=O) groups excluding carboxylic acids is 1. The third-order valence-electron chi connectivity index (χ3n) is 4.29. The monoisotopic (exact) mass is 385 g/mol.